The van der Waals surface area contributed by atoms with Gasteiger partial charge >= 0.3 is 5.97 Å². The summed E-state index contributed by atoms with van der Waals surface area (Å²) in [5, 5.41) is 12.2. The first-order chi connectivity index (χ1) is 23.2. The molecule has 2 amide bonds. The van der Waals surface area contributed by atoms with Gasteiger partial charge in [-0.25, -0.2) is 9.97 Å². The van der Waals surface area contributed by atoms with Gasteiger partial charge in [0, 0.05) is 30.1 Å². The molecule has 0 radical (unpaired) electrons. The monoisotopic (exact) mass is 652 g/mol. The minimum atomic E-state index is -1.13. The SMILES string of the molecule is CC[C@H]1CC[C@H](C2CC=C(c3cnc(-c4ccc(CN(CC(=O)O)C(=O)[C@@H](C)NC(=O)Cc5ccc(OC)cc5)cc4)nc3)CC2)CC1. The number of aromatic nitrogens is 2. The standard InChI is InChI=1S/C39H48N4O5/c1-4-27-5-11-30(12-6-27)31-15-17-32(18-16-31)34-22-40-38(41-23-34)33-13-7-29(8-14-33)24-43(25-37(45)46)39(47)26(2)42-36(44)21-28-9-19-35(48-3)20-10-28/h7-10,13-14,17,19-20,22-23,26-27,30-31H,4-6,11-12,15-16,18,21,24-25H2,1-3H3,(H,42,44)(H,45,46)/t26-,27-,30-,31?/m1/s1. The number of amides is 2. The minimum Gasteiger partial charge on any atom is -0.497 e. The molecule has 0 saturated heterocycles. The summed E-state index contributed by atoms with van der Waals surface area (Å²) in [5.74, 6) is 1.97. The number of ether oxygens (including phenoxy) is 1. The zero-order valence-electron chi connectivity index (χ0n) is 28.4. The number of methoxy groups -OCH3 is 1. The number of carbonyl (C=O) groups is 3. The second kappa shape index (κ2) is 16.5. The third kappa shape index (κ3) is 9.30. The highest BCUT2D eigenvalue weighted by Crippen LogP contribution is 2.41. The molecule has 0 aliphatic heterocycles. The fourth-order valence-corrected chi connectivity index (χ4v) is 7.17. The number of aliphatic carboxylic acids is 1. The molecule has 1 aromatic heterocycles. The number of hydrogen-bond acceptors (Lipinski definition) is 6. The van der Waals surface area contributed by atoms with Crippen LogP contribution in [0.5, 0.6) is 5.75 Å². The van der Waals surface area contributed by atoms with E-state index in [1.165, 1.54) is 49.0 Å². The highest BCUT2D eigenvalue weighted by molar-refractivity contribution is 5.89. The summed E-state index contributed by atoms with van der Waals surface area (Å²) in [6.45, 7) is 3.48. The number of benzene rings is 2. The van der Waals surface area contributed by atoms with Crippen LogP contribution in [0, 0.1) is 17.8 Å². The van der Waals surface area contributed by atoms with Gasteiger partial charge in [0.25, 0.3) is 0 Å². The number of carboxylic acids is 1. The lowest BCUT2D eigenvalue weighted by Crippen LogP contribution is -2.48. The molecule has 2 aromatic carbocycles. The van der Waals surface area contributed by atoms with Crippen LogP contribution in [0.2, 0.25) is 0 Å². The molecule has 0 bridgehead atoms. The number of nitrogens with zero attached hydrogens (tertiary/aromatic N) is 3. The number of nitrogens with one attached hydrogen (secondary N) is 1. The van der Waals surface area contributed by atoms with Gasteiger partial charge < -0.3 is 20.1 Å². The molecule has 5 rings (SSSR count). The molecule has 9 nitrogen and oxygen atoms in total. The molecule has 1 saturated carbocycles. The van der Waals surface area contributed by atoms with E-state index in [0.29, 0.717) is 11.6 Å². The number of rotatable bonds is 13. The summed E-state index contributed by atoms with van der Waals surface area (Å²) in [6.07, 6.45) is 16.7. The summed E-state index contributed by atoms with van der Waals surface area (Å²) in [7, 11) is 1.57. The van der Waals surface area contributed by atoms with Crippen molar-refractivity contribution < 1.29 is 24.2 Å². The summed E-state index contributed by atoms with van der Waals surface area (Å²) in [5.41, 5.74) is 4.78. The van der Waals surface area contributed by atoms with Crippen LogP contribution in [0.1, 0.15) is 81.9 Å². The minimum absolute atomic E-state index is 0.0824. The predicted molar refractivity (Wildman–Crippen MR) is 186 cm³/mol. The molecular formula is C39H48N4O5. The average molecular weight is 653 g/mol. The number of carbonyl (C=O) groups excluding carboxylic acids is 2. The largest absolute Gasteiger partial charge is 0.497 e. The summed E-state index contributed by atoms with van der Waals surface area (Å²) >= 11 is 0. The van der Waals surface area contributed by atoms with Crippen LogP contribution < -0.4 is 10.1 Å². The van der Waals surface area contributed by atoms with Gasteiger partial charge in [-0.3, -0.25) is 14.4 Å². The molecule has 2 N–H and O–H groups in total. The average Bonchev–Trinajstić information content (AvgIpc) is 3.11. The lowest BCUT2D eigenvalue weighted by Gasteiger charge is -2.35. The van der Waals surface area contributed by atoms with Gasteiger partial charge in [0.2, 0.25) is 11.8 Å². The topological polar surface area (TPSA) is 122 Å². The van der Waals surface area contributed by atoms with Crippen molar-refractivity contribution in [3.8, 4) is 17.1 Å². The zero-order chi connectivity index (χ0) is 34.0. The maximum Gasteiger partial charge on any atom is 0.323 e. The van der Waals surface area contributed by atoms with E-state index in [1.807, 2.05) is 36.7 Å². The maximum atomic E-state index is 13.2. The van der Waals surface area contributed by atoms with Crippen molar-refractivity contribution in [2.45, 2.75) is 84.2 Å². The molecule has 1 heterocycles. The van der Waals surface area contributed by atoms with Gasteiger partial charge in [-0.15, -0.1) is 0 Å². The smallest absolute Gasteiger partial charge is 0.323 e. The Kier molecular flexibility index (Phi) is 12.0. The van der Waals surface area contributed by atoms with Crippen LogP contribution >= 0.6 is 0 Å². The Bertz CT molecular complexity index is 1560. The first kappa shape index (κ1) is 34.8. The lowest BCUT2D eigenvalue weighted by molar-refractivity contribution is -0.146. The Labute approximate surface area is 283 Å². The molecule has 3 aromatic rings. The van der Waals surface area contributed by atoms with Gasteiger partial charge in [-0.2, -0.15) is 0 Å². The molecule has 254 valence electrons. The summed E-state index contributed by atoms with van der Waals surface area (Å²) in [6, 6.07) is 13.7. The van der Waals surface area contributed by atoms with E-state index in [-0.39, 0.29) is 18.9 Å². The van der Waals surface area contributed by atoms with Crippen molar-refractivity contribution in [3.63, 3.8) is 0 Å². The highest BCUT2D eigenvalue weighted by Gasteiger charge is 2.28. The van der Waals surface area contributed by atoms with Crippen LogP contribution in [0.15, 0.2) is 67.0 Å². The Morgan fingerprint density at radius 2 is 1.58 bits per heavy atom. The van der Waals surface area contributed by atoms with E-state index >= 15 is 0 Å². The first-order valence-corrected chi connectivity index (χ1v) is 17.3. The third-order valence-electron chi connectivity index (χ3n) is 10.1. The molecule has 1 fully saturated rings. The first-order valence-electron chi connectivity index (χ1n) is 17.3. The lowest BCUT2D eigenvalue weighted by atomic mass is 9.71. The van der Waals surface area contributed by atoms with Crippen LogP contribution in [-0.4, -0.2) is 57.5 Å². The van der Waals surface area contributed by atoms with Gasteiger partial charge in [-0.1, -0.05) is 68.7 Å². The van der Waals surface area contributed by atoms with E-state index in [0.717, 1.165) is 52.8 Å². The highest BCUT2D eigenvalue weighted by atomic mass is 16.5. The molecule has 2 aliphatic carbocycles. The van der Waals surface area contributed by atoms with Crippen LogP contribution in [-0.2, 0) is 27.3 Å². The van der Waals surface area contributed by atoms with Crippen molar-refractivity contribution in [1.29, 1.82) is 0 Å². The quantitative estimate of drug-likeness (QED) is 0.210. The zero-order valence-corrected chi connectivity index (χ0v) is 28.4. The van der Waals surface area contributed by atoms with E-state index in [9.17, 15) is 19.5 Å². The predicted octanol–water partition coefficient (Wildman–Crippen LogP) is 6.71. The van der Waals surface area contributed by atoms with Gasteiger partial charge in [0.15, 0.2) is 5.82 Å². The molecule has 48 heavy (non-hydrogen) atoms. The Morgan fingerprint density at radius 3 is 2.17 bits per heavy atom. The van der Waals surface area contributed by atoms with E-state index in [2.05, 4.69) is 28.3 Å². The van der Waals surface area contributed by atoms with Crippen molar-refractivity contribution >= 4 is 23.4 Å². The molecule has 1 unspecified atom stereocenters. The van der Waals surface area contributed by atoms with Crippen molar-refractivity contribution in [1.82, 2.24) is 20.2 Å². The van der Waals surface area contributed by atoms with Crippen LogP contribution in [0.3, 0.4) is 0 Å². The number of carboxylic acid groups (broad SMARTS) is 1. The van der Waals surface area contributed by atoms with Crippen molar-refractivity contribution in [2.75, 3.05) is 13.7 Å². The summed E-state index contributed by atoms with van der Waals surface area (Å²) in [4.78, 5) is 48.0. The van der Waals surface area contributed by atoms with Crippen molar-refractivity contribution in [2.24, 2.45) is 17.8 Å². The number of allylic oxidation sites excluding steroid dienone is 2. The molecular weight excluding hydrogens is 604 g/mol. The third-order valence-corrected chi connectivity index (χ3v) is 10.1. The fraction of sp³-hybridized carbons (Fsp3) is 0.462. The van der Waals surface area contributed by atoms with Gasteiger partial charge in [0.1, 0.15) is 18.3 Å². The Hall–Kier alpha value is -4.53. The second-order valence-corrected chi connectivity index (χ2v) is 13.3. The molecule has 0 spiro atoms. The number of hydrogen-bond donors (Lipinski definition) is 2. The van der Waals surface area contributed by atoms with E-state index in [4.69, 9.17) is 4.74 Å². The molecule has 2 atom stereocenters. The maximum absolute atomic E-state index is 13.2. The molecule has 9 heteroatoms. The van der Waals surface area contributed by atoms with Gasteiger partial charge in [-0.05, 0) is 85.6 Å². The Balaban J connectivity index is 1.15. The van der Waals surface area contributed by atoms with Crippen LogP contribution in [0.25, 0.3) is 17.0 Å². The van der Waals surface area contributed by atoms with E-state index < -0.39 is 24.5 Å². The van der Waals surface area contributed by atoms with Gasteiger partial charge in [0.05, 0.1) is 13.5 Å². The second-order valence-electron chi connectivity index (χ2n) is 13.3. The Morgan fingerprint density at radius 1 is 0.917 bits per heavy atom. The summed E-state index contributed by atoms with van der Waals surface area (Å²) < 4.78 is 5.15. The normalized spacial score (nSPS) is 19.9. The van der Waals surface area contributed by atoms with Crippen molar-refractivity contribution in [3.05, 3.63) is 83.7 Å². The van der Waals surface area contributed by atoms with E-state index in [1.54, 1.807) is 38.3 Å². The molecule has 2 aliphatic rings. The van der Waals surface area contributed by atoms with Crippen LogP contribution in [0.4, 0.5) is 0 Å². The fourth-order valence-electron chi connectivity index (χ4n) is 7.17.